The number of rotatable bonds is 4. The predicted octanol–water partition coefficient (Wildman–Crippen LogP) is -1.23. The molecule has 0 aromatic rings. The molecule has 0 saturated heterocycles. The second-order valence-electron chi connectivity index (χ2n) is 2.01. The van der Waals surface area contributed by atoms with Crippen LogP contribution in [0.1, 0.15) is 6.42 Å². The first-order valence-electron chi connectivity index (χ1n) is 2.84. The summed E-state index contributed by atoms with van der Waals surface area (Å²) < 4.78 is 0. The molecule has 4 N–H and O–H groups in total. The molecule has 0 heterocycles. The SMILES string of the molecule is C=C(CC(O)CO)C(N)=O. The van der Waals surface area contributed by atoms with Crippen LogP contribution < -0.4 is 5.73 Å². The molecule has 0 fully saturated rings. The first kappa shape index (κ1) is 9.13. The van der Waals surface area contributed by atoms with E-state index in [9.17, 15) is 4.79 Å². The van der Waals surface area contributed by atoms with Crippen LogP contribution in [-0.4, -0.2) is 28.8 Å². The van der Waals surface area contributed by atoms with Gasteiger partial charge in [-0.2, -0.15) is 0 Å². The quantitative estimate of drug-likeness (QED) is 0.433. The average Bonchev–Trinajstić information content (AvgIpc) is 1.87. The van der Waals surface area contributed by atoms with E-state index in [1.807, 2.05) is 0 Å². The third kappa shape index (κ3) is 3.21. The summed E-state index contributed by atoms with van der Waals surface area (Å²) >= 11 is 0. The Morgan fingerprint density at radius 3 is 2.50 bits per heavy atom. The molecule has 0 bridgehead atoms. The highest BCUT2D eigenvalue weighted by molar-refractivity contribution is 5.91. The Kier molecular flexibility index (Phi) is 3.68. The molecular formula is C6H11NO3. The minimum Gasteiger partial charge on any atom is -0.394 e. The summed E-state index contributed by atoms with van der Waals surface area (Å²) in [5, 5.41) is 17.1. The zero-order chi connectivity index (χ0) is 8.15. The Balaban J connectivity index is 3.68. The van der Waals surface area contributed by atoms with Crippen molar-refractivity contribution in [1.82, 2.24) is 0 Å². The lowest BCUT2D eigenvalue weighted by atomic mass is 10.1. The number of carbonyl (C=O) groups is 1. The van der Waals surface area contributed by atoms with Crippen LogP contribution in [0.4, 0.5) is 0 Å². The summed E-state index contributed by atoms with van der Waals surface area (Å²) in [6.45, 7) is 2.91. The van der Waals surface area contributed by atoms with Gasteiger partial charge in [-0.15, -0.1) is 0 Å². The van der Waals surface area contributed by atoms with Crippen LogP contribution in [-0.2, 0) is 4.79 Å². The van der Waals surface area contributed by atoms with Gasteiger partial charge in [0.15, 0.2) is 0 Å². The van der Waals surface area contributed by atoms with Gasteiger partial charge in [-0.25, -0.2) is 0 Å². The zero-order valence-corrected chi connectivity index (χ0v) is 5.58. The van der Waals surface area contributed by atoms with E-state index >= 15 is 0 Å². The molecule has 0 rings (SSSR count). The van der Waals surface area contributed by atoms with E-state index in [1.54, 1.807) is 0 Å². The average molecular weight is 145 g/mol. The molecule has 0 aliphatic heterocycles. The topological polar surface area (TPSA) is 83.6 Å². The molecule has 0 aliphatic carbocycles. The third-order valence-corrected chi connectivity index (χ3v) is 1.04. The molecule has 0 aliphatic rings. The molecule has 0 spiro atoms. The lowest BCUT2D eigenvalue weighted by molar-refractivity contribution is -0.115. The number of nitrogens with two attached hydrogens (primary N) is 1. The lowest BCUT2D eigenvalue weighted by Gasteiger charge is -2.05. The van der Waals surface area contributed by atoms with Gasteiger partial charge < -0.3 is 15.9 Å². The standard InChI is InChI=1S/C6H11NO3/c1-4(6(7)10)2-5(9)3-8/h5,8-9H,1-3H2,(H2,7,10). The Morgan fingerprint density at radius 2 is 2.20 bits per heavy atom. The molecule has 58 valence electrons. The molecular weight excluding hydrogens is 134 g/mol. The van der Waals surface area contributed by atoms with E-state index in [2.05, 4.69) is 6.58 Å². The molecule has 1 unspecified atom stereocenters. The first-order valence-corrected chi connectivity index (χ1v) is 2.84. The maximum atomic E-state index is 10.3. The van der Waals surface area contributed by atoms with Crippen molar-refractivity contribution in [3.05, 3.63) is 12.2 Å². The van der Waals surface area contributed by atoms with Crippen molar-refractivity contribution >= 4 is 5.91 Å². The van der Waals surface area contributed by atoms with Crippen LogP contribution in [0.5, 0.6) is 0 Å². The van der Waals surface area contributed by atoms with Gasteiger partial charge in [0.2, 0.25) is 5.91 Å². The number of aliphatic hydroxyl groups is 2. The van der Waals surface area contributed by atoms with E-state index < -0.39 is 12.0 Å². The van der Waals surface area contributed by atoms with Gasteiger partial charge in [-0.3, -0.25) is 4.79 Å². The summed E-state index contributed by atoms with van der Waals surface area (Å²) in [7, 11) is 0. The van der Waals surface area contributed by atoms with Gasteiger partial charge in [-0.05, 0) is 0 Å². The molecule has 1 atom stereocenters. The molecule has 10 heavy (non-hydrogen) atoms. The number of aliphatic hydroxyl groups excluding tert-OH is 2. The Labute approximate surface area is 59.0 Å². The summed E-state index contributed by atoms with van der Waals surface area (Å²) in [5.74, 6) is -0.646. The van der Waals surface area contributed by atoms with E-state index in [4.69, 9.17) is 15.9 Å². The highest BCUT2D eigenvalue weighted by Gasteiger charge is 2.07. The molecule has 0 aromatic heterocycles. The fraction of sp³-hybridized carbons (Fsp3) is 0.500. The van der Waals surface area contributed by atoms with Gasteiger partial charge in [0.1, 0.15) is 0 Å². The minimum atomic E-state index is -0.931. The number of hydrogen-bond donors (Lipinski definition) is 3. The highest BCUT2D eigenvalue weighted by atomic mass is 16.3. The van der Waals surface area contributed by atoms with Gasteiger partial charge in [0.25, 0.3) is 0 Å². The largest absolute Gasteiger partial charge is 0.394 e. The molecule has 0 radical (unpaired) electrons. The second-order valence-corrected chi connectivity index (χ2v) is 2.01. The van der Waals surface area contributed by atoms with Gasteiger partial charge in [-0.1, -0.05) is 6.58 Å². The molecule has 1 amide bonds. The van der Waals surface area contributed by atoms with Crippen molar-refractivity contribution in [1.29, 1.82) is 0 Å². The van der Waals surface area contributed by atoms with Crippen LogP contribution in [0.3, 0.4) is 0 Å². The van der Waals surface area contributed by atoms with Crippen molar-refractivity contribution in [2.75, 3.05) is 6.61 Å². The van der Waals surface area contributed by atoms with Crippen LogP contribution in [0.25, 0.3) is 0 Å². The van der Waals surface area contributed by atoms with Crippen molar-refractivity contribution in [2.24, 2.45) is 5.73 Å². The fourth-order valence-electron chi connectivity index (χ4n) is 0.450. The molecule has 4 heteroatoms. The fourth-order valence-corrected chi connectivity index (χ4v) is 0.450. The Morgan fingerprint density at radius 1 is 1.70 bits per heavy atom. The summed E-state index contributed by atoms with van der Waals surface area (Å²) in [6, 6.07) is 0. The summed E-state index contributed by atoms with van der Waals surface area (Å²) in [6.07, 6.45) is -0.897. The van der Waals surface area contributed by atoms with Crippen molar-refractivity contribution in [3.8, 4) is 0 Å². The lowest BCUT2D eigenvalue weighted by Crippen LogP contribution is -2.20. The predicted molar refractivity (Wildman–Crippen MR) is 36.0 cm³/mol. The number of hydrogen-bond acceptors (Lipinski definition) is 3. The van der Waals surface area contributed by atoms with Crippen LogP contribution in [0.15, 0.2) is 12.2 Å². The number of primary amides is 1. The van der Waals surface area contributed by atoms with Crippen molar-refractivity contribution in [2.45, 2.75) is 12.5 Å². The first-order chi connectivity index (χ1) is 4.57. The smallest absolute Gasteiger partial charge is 0.244 e. The monoisotopic (exact) mass is 145 g/mol. The van der Waals surface area contributed by atoms with Gasteiger partial charge in [0.05, 0.1) is 12.7 Å². The minimum absolute atomic E-state index is 0.0336. The molecule has 4 nitrogen and oxygen atoms in total. The summed E-state index contributed by atoms with van der Waals surface area (Å²) in [4.78, 5) is 10.3. The normalized spacial score (nSPS) is 12.6. The van der Waals surface area contributed by atoms with E-state index in [0.717, 1.165) is 0 Å². The van der Waals surface area contributed by atoms with Crippen LogP contribution >= 0.6 is 0 Å². The highest BCUT2D eigenvalue weighted by Crippen LogP contribution is 2.00. The Bertz CT molecular complexity index is 144. The van der Waals surface area contributed by atoms with E-state index in [0.29, 0.717) is 0 Å². The van der Waals surface area contributed by atoms with Crippen molar-refractivity contribution in [3.63, 3.8) is 0 Å². The van der Waals surface area contributed by atoms with E-state index in [-0.39, 0.29) is 18.6 Å². The maximum absolute atomic E-state index is 10.3. The third-order valence-electron chi connectivity index (χ3n) is 1.04. The molecule has 0 saturated carbocycles. The number of amides is 1. The zero-order valence-electron chi connectivity index (χ0n) is 5.58. The molecule has 0 aromatic carbocycles. The van der Waals surface area contributed by atoms with Gasteiger partial charge >= 0.3 is 0 Å². The van der Waals surface area contributed by atoms with Gasteiger partial charge in [0, 0.05) is 12.0 Å². The van der Waals surface area contributed by atoms with Crippen molar-refractivity contribution < 1.29 is 15.0 Å². The Hall–Kier alpha value is -0.870. The second kappa shape index (κ2) is 4.03. The maximum Gasteiger partial charge on any atom is 0.244 e. The summed E-state index contributed by atoms with van der Waals surface area (Å²) in [5.41, 5.74) is 4.93. The van der Waals surface area contributed by atoms with Crippen LogP contribution in [0, 0.1) is 0 Å². The number of carbonyl (C=O) groups excluding carboxylic acids is 1. The van der Waals surface area contributed by atoms with E-state index in [1.165, 1.54) is 0 Å². The van der Waals surface area contributed by atoms with Crippen LogP contribution in [0.2, 0.25) is 0 Å².